The topological polar surface area (TPSA) is 30.5 Å². The average Bonchev–Trinajstić information content (AvgIpc) is 2.94. The molecule has 1 aromatic carbocycles. The van der Waals surface area contributed by atoms with E-state index in [-0.39, 0.29) is 0 Å². The molecule has 3 nitrogen and oxygen atoms in total. The average molecular weight is 340 g/mol. The Kier molecular flexibility index (Phi) is 4.51. The number of hydrogen-bond donors (Lipinski definition) is 1. The zero-order chi connectivity index (χ0) is 13.9. The molecule has 110 valence electrons. The monoisotopic (exact) mass is 339 g/mol. The number of hydrogen-bond acceptors (Lipinski definition) is 3. The van der Waals surface area contributed by atoms with Crippen LogP contribution in [-0.4, -0.2) is 12.8 Å². The summed E-state index contributed by atoms with van der Waals surface area (Å²) in [5.41, 5.74) is 1.24. The molecule has 1 atom stereocenters. The highest BCUT2D eigenvalue weighted by Crippen LogP contribution is 2.40. The summed E-state index contributed by atoms with van der Waals surface area (Å²) in [5.74, 6) is 2.51. The van der Waals surface area contributed by atoms with Gasteiger partial charge in [-0.15, -0.1) is 0 Å². The number of benzene rings is 1. The molecular weight excluding hydrogens is 318 g/mol. The van der Waals surface area contributed by atoms with Gasteiger partial charge in [0, 0.05) is 12.6 Å². The lowest BCUT2D eigenvalue weighted by Gasteiger charge is -2.28. The first-order chi connectivity index (χ1) is 9.74. The van der Waals surface area contributed by atoms with Crippen LogP contribution < -0.4 is 14.8 Å². The van der Waals surface area contributed by atoms with E-state index in [9.17, 15) is 0 Å². The second-order valence-electron chi connectivity index (χ2n) is 5.88. The Bertz CT molecular complexity index is 472. The molecule has 0 amide bonds. The van der Waals surface area contributed by atoms with Crippen LogP contribution in [0, 0.1) is 5.92 Å². The van der Waals surface area contributed by atoms with E-state index in [4.69, 9.17) is 9.47 Å². The molecule has 1 aliphatic heterocycles. The zero-order valence-corrected chi connectivity index (χ0v) is 13.5. The van der Waals surface area contributed by atoms with Crippen LogP contribution >= 0.6 is 15.9 Å². The van der Waals surface area contributed by atoms with E-state index in [1.165, 1.54) is 37.7 Å². The molecule has 1 heterocycles. The highest BCUT2D eigenvalue weighted by Gasteiger charge is 2.21. The van der Waals surface area contributed by atoms with E-state index in [0.717, 1.165) is 28.4 Å². The summed E-state index contributed by atoms with van der Waals surface area (Å²) in [7, 11) is 0. The third-order valence-electron chi connectivity index (χ3n) is 4.47. The molecular formula is C16H22BrNO2. The summed E-state index contributed by atoms with van der Waals surface area (Å²) in [5, 5.41) is 3.67. The summed E-state index contributed by atoms with van der Waals surface area (Å²) in [4.78, 5) is 0. The molecule has 4 heteroatoms. The summed E-state index contributed by atoms with van der Waals surface area (Å²) in [6.07, 6.45) is 6.95. The first-order valence-corrected chi connectivity index (χ1v) is 8.35. The van der Waals surface area contributed by atoms with Gasteiger partial charge >= 0.3 is 0 Å². The van der Waals surface area contributed by atoms with E-state index in [2.05, 4.69) is 40.3 Å². The number of halogens is 1. The van der Waals surface area contributed by atoms with Crippen LogP contribution in [0.4, 0.5) is 0 Å². The largest absolute Gasteiger partial charge is 0.454 e. The molecule has 20 heavy (non-hydrogen) atoms. The van der Waals surface area contributed by atoms with Crippen LogP contribution in [0.3, 0.4) is 0 Å². The van der Waals surface area contributed by atoms with Crippen molar-refractivity contribution in [2.75, 3.05) is 6.79 Å². The predicted molar refractivity (Wildman–Crippen MR) is 83.1 cm³/mol. The van der Waals surface area contributed by atoms with Gasteiger partial charge < -0.3 is 14.8 Å². The Hall–Kier alpha value is -0.740. The molecule has 1 aliphatic carbocycles. The third-order valence-corrected chi connectivity index (χ3v) is 5.06. The summed E-state index contributed by atoms with van der Waals surface area (Å²) < 4.78 is 11.9. The van der Waals surface area contributed by atoms with E-state index in [1.807, 2.05) is 0 Å². The van der Waals surface area contributed by atoms with Crippen LogP contribution in [0.2, 0.25) is 0 Å². The van der Waals surface area contributed by atoms with Crippen LogP contribution in [0.5, 0.6) is 11.5 Å². The van der Waals surface area contributed by atoms with Crippen molar-refractivity contribution in [3.63, 3.8) is 0 Å². The van der Waals surface area contributed by atoms with Crippen molar-refractivity contribution >= 4 is 15.9 Å². The second kappa shape index (κ2) is 6.35. The molecule has 0 bridgehead atoms. The van der Waals surface area contributed by atoms with Crippen LogP contribution in [0.15, 0.2) is 16.6 Å². The molecule has 3 rings (SSSR count). The SMILES string of the molecule is CC(NCc1cc(Br)c2c(c1)OCO2)C1CCCCC1. The normalized spacial score (nSPS) is 20.1. The molecule has 2 aliphatic rings. The smallest absolute Gasteiger partial charge is 0.231 e. The highest BCUT2D eigenvalue weighted by molar-refractivity contribution is 9.10. The van der Waals surface area contributed by atoms with Crippen molar-refractivity contribution in [2.45, 2.75) is 51.6 Å². The maximum atomic E-state index is 5.46. The molecule has 1 N–H and O–H groups in total. The van der Waals surface area contributed by atoms with Crippen molar-refractivity contribution in [2.24, 2.45) is 5.92 Å². The Morgan fingerprint density at radius 2 is 2.05 bits per heavy atom. The van der Waals surface area contributed by atoms with Gasteiger partial charge in [0.15, 0.2) is 11.5 Å². The van der Waals surface area contributed by atoms with Crippen LogP contribution in [0.1, 0.15) is 44.6 Å². The number of fused-ring (bicyclic) bond motifs is 1. The predicted octanol–water partition coefficient (Wildman–Crippen LogP) is 4.24. The molecule has 1 saturated carbocycles. The molecule has 1 unspecified atom stereocenters. The summed E-state index contributed by atoms with van der Waals surface area (Å²) in [6.45, 7) is 3.52. The maximum absolute atomic E-state index is 5.46. The number of nitrogens with one attached hydrogen (secondary N) is 1. The maximum Gasteiger partial charge on any atom is 0.231 e. The summed E-state index contributed by atoms with van der Waals surface area (Å²) >= 11 is 3.55. The standard InChI is InChI=1S/C16H22BrNO2/c1-11(13-5-3-2-4-6-13)18-9-12-7-14(17)16-15(8-12)19-10-20-16/h7-8,11,13,18H,2-6,9-10H2,1H3. The van der Waals surface area contributed by atoms with Gasteiger partial charge in [0.05, 0.1) is 4.47 Å². The highest BCUT2D eigenvalue weighted by atomic mass is 79.9. The van der Waals surface area contributed by atoms with Gasteiger partial charge in [-0.05, 0) is 59.3 Å². The lowest BCUT2D eigenvalue weighted by atomic mass is 9.84. The van der Waals surface area contributed by atoms with Gasteiger partial charge in [0.2, 0.25) is 6.79 Å². The van der Waals surface area contributed by atoms with Gasteiger partial charge in [0.25, 0.3) is 0 Å². The Morgan fingerprint density at radius 3 is 2.85 bits per heavy atom. The van der Waals surface area contributed by atoms with Crippen molar-refractivity contribution < 1.29 is 9.47 Å². The fourth-order valence-electron chi connectivity index (χ4n) is 3.20. The lowest BCUT2D eigenvalue weighted by molar-refractivity contribution is 0.173. The molecule has 0 saturated heterocycles. The fourth-order valence-corrected chi connectivity index (χ4v) is 3.81. The quantitative estimate of drug-likeness (QED) is 0.889. The van der Waals surface area contributed by atoms with Gasteiger partial charge in [-0.1, -0.05) is 19.3 Å². The van der Waals surface area contributed by atoms with E-state index >= 15 is 0 Å². The van der Waals surface area contributed by atoms with Gasteiger partial charge in [0.1, 0.15) is 0 Å². The van der Waals surface area contributed by atoms with E-state index < -0.39 is 0 Å². The first-order valence-electron chi connectivity index (χ1n) is 7.55. The minimum Gasteiger partial charge on any atom is -0.454 e. The lowest BCUT2D eigenvalue weighted by Crippen LogP contribution is -2.34. The molecule has 0 spiro atoms. The zero-order valence-electron chi connectivity index (χ0n) is 12.0. The molecule has 1 fully saturated rings. The van der Waals surface area contributed by atoms with E-state index in [1.54, 1.807) is 0 Å². The Labute approximate surface area is 129 Å². The minimum atomic E-state index is 0.323. The van der Waals surface area contributed by atoms with Crippen LogP contribution in [-0.2, 0) is 6.54 Å². The molecule has 0 aromatic heterocycles. The second-order valence-corrected chi connectivity index (χ2v) is 6.73. The first kappa shape index (κ1) is 14.2. The van der Waals surface area contributed by atoms with Crippen molar-refractivity contribution in [3.05, 3.63) is 22.2 Å². The van der Waals surface area contributed by atoms with Crippen molar-refractivity contribution in [3.8, 4) is 11.5 Å². The number of ether oxygens (including phenoxy) is 2. The van der Waals surface area contributed by atoms with E-state index in [0.29, 0.717) is 12.8 Å². The Morgan fingerprint density at radius 1 is 1.25 bits per heavy atom. The van der Waals surface area contributed by atoms with Crippen molar-refractivity contribution in [1.29, 1.82) is 0 Å². The molecule has 0 radical (unpaired) electrons. The van der Waals surface area contributed by atoms with Crippen LogP contribution in [0.25, 0.3) is 0 Å². The van der Waals surface area contributed by atoms with Gasteiger partial charge in [-0.25, -0.2) is 0 Å². The third kappa shape index (κ3) is 3.12. The number of rotatable bonds is 4. The fraction of sp³-hybridized carbons (Fsp3) is 0.625. The minimum absolute atomic E-state index is 0.323. The summed E-state index contributed by atoms with van der Waals surface area (Å²) in [6, 6.07) is 4.78. The molecule has 1 aromatic rings. The van der Waals surface area contributed by atoms with Gasteiger partial charge in [-0.3, -0.25) is 0 Å². The Balaban J connectivity index is 1.59. The van der Waals surface area contributed by atoms with Crippen molar-refractivity contribution in [1.82, 2.24) is 5.32 Å². The van der Waals surface area contributed by atoms with Gasteiger partial charge in [-0.2, -0.15) is 0 Å².